The van der Waals surface area contributed by atoms with Crippen molar-refractivity contribution in [3.05, 3.63) is 66.5 Å². The van der Waals surface area contributed by atoms with E-state index >= 15 is 0 Å². The molecule has 0 saturated carbocycles. The first-order valence-corrected chi connectivity index (χ1v) is 10.9. The number of hydrogen-bond acceptors (Lipinski definition) is 3. The van der Waals surface area contributed by atoms with Crippen molar-refractivity contribution in [2.75, 3.05) is 7.11 Å². The highest BCUT2D eigenvalue weighted by Gasteiger charge is 2.04. The molecule has 0 aliphatic carbocycles. The van der Waals surface area contributed by atoms with Crippen molar-refractivity contribution in [3.8, 4) is 28.3 Å². The predicted molar refractivity (Wildman–Crippen MR) is 121 cm³/mol. The van der Waals surface area contributed by atoms with Crippen LogP contribution in [0.25, 0.3) is 22.5 Å². The van der Waals surface area contributed by atoms with E-state index in [4.69, 9.17) is 4.74 Å². The van der Waals surface area contributed by atoms with Gasteiger partial charge in [0.25, 0.3) is 0 Å². The molecule has 0 N–H and O–H groups in total. The maximum atomic E-state index is 5.21. The second-order valence-corrected chi connectivity index (χ2v) is 7.59. The first-order chi connectivity index (χ1) is 14.3. The smallest absolute Gasteiger partial charge is 0.159 e. The number of benzene rings is 2. The molecule has 0 atom stereocenters. The molecule has 0 radical (unpaired) electrons. The van der Waals surface area contributed by atoms with Crippen LogP contribution in [0.4, 0.5) is 0 Å². The molecule has 0 aliphatic heterocycles. The van der Waals surface area contributed by atoms with E-state index in [2.05, 4.69) is 41.2 Å². The third-order valence-electron chi connectivity index (χ3n) is 5.36. The molecule has 3 aromatic rings. The number of hydrogen-bond donors (Lipinski definition) is 0. The molecule has 2 aromatic carbocycles. The molecule has 3 nitrogen and oxygen atoms in total. The molecule has 3 rings (SSSR count). The molecule has 152 valence electrons. The van der Waals surface area contributed by atoms with Crippen molar-refractivity contribution in [1.82, 2.24) is 9.97 Å². The summed E-state index contributed by atoms with van der Waals surface area (Å²) in [5, 5.41) is 0. The number of methoxy groups -OCH3 is 1. The third kappa shape index (κ3) is 6.42. The fraction of sp³-hybridized carbons (Fsp3) is 0.385. The van der Waals surface area contributed by atoms with Crippen LogP contribution in [-0.4, -0.2) is 17.1 Å². The van der Waals surface area contributed by atoms with E-state index in [0.29, 0.717) is 0 Å². The van der Waals surface area contributed by atoms with Gasteiger partial charge in [0.15, 0.2) is 5.82 Å². The van der Waals surface area contributed by atoms with E-state index < -0.39 is 0 Å². The van der Waals surface area contributed by atoms with Gasteiger partial charge in [-0.1, -0.05) is 81.8 Å². The average Bonchev–Trinajstić information content (AvgIpc) is 2.79. The minimum absolute atomic E-state index is 0.768. The molecule has 0 spiro atoms. The lowest BCUT2D eigenvalue weighted by Crippen LogP contribution is -1.91. The van der Waals surface area contributed by atoms with Gasteiger partial charge in [-0.05, 0) is 36.1 Å². The Morgan fingerprint density at radius 3 is 1.86 bits per heavy atom. The Balaban J connectivity index is 1.51. The summed E-state index contributed by atoms with van der Waals surface area (Å²) in [6.07, 6.45) is 14.4. The Morgan fingerprint density at radius 2 is 1.24 bits per heavy atom. The van der Waals surface area contributed by atoms with Gasteiger partial charge in [-0.3, -0.25) is 0 Å². The van der Waals surface area contributed by atoms with Crippen molar-refractivity contribution in [1.29, 1.82) is 0 Å². The van der Waals surface area contributed by atoms with Gasteiger partial charge in [-0.2, -0.15) is 0 Å². The quantitative estimate of drug-likeness (QED) is 0.328. The van der Waals surface area contributed by atoms with Crippen molar-refractivity contribution in [3.63, 3.8) is 0 Å². The highest BCUT2D eigenvalue weighted by atomic mass is 16.5. The first kappa shape index (κ1) is 21.0. The van der Waals surface area contributed by atoms with Crippen LogP contribution >= 0.6 is 0 Å². The van der Waals surface area contributed by atoms with Crippen LogP contribution < -0.4 is 4.74 Å². The molecule has 0 aliphatic rings. The molecule has 3 heteroatoms. The van der Waals surface area contributed by atoms with Gasteiger partial charge < -0.3 is 4.74 Å². The number of aryl methyl sites for hydroxylation is 1. The second-order valence-electron chi connectivity index (χ2n) is 7.59. The van der Waals surface area contributed by atoms with Crippen molar-refractivity contribution >= 4 is 0 Å². The molecule has 0 saturated heterocycles. The largest absolute Gasteiger partial charge is 0.497 e. The van der Waals surface area contributed by atoms with Crippen LogP contribution in [0.15, 0.2) is 60.9 Å². The maximum absolute atomic E-state index is 5.21. The predicted octanol–water partition coefficient (Wildman–Crippen LogP) is 7.11. The van der Waals surface area contributed by atoms with E-state index in [1.807, 2.05) is 36.7 Å². The van der Waals surface area contributed by atoms with Gasteiger partial charge in [0.2, 0.25) is 0 Å². The zero-order chi connectivity index (χ0) is 20.3. The van der Waals surface area contributed by atoms with E-state index in [9.17, 15) is 0 Å². The van der Waals surface area contributed by atoms with Gasteiger partial charge in [0, 0.05) is 23.5 Å². The molecule has 1 heterocycles. The number of rotatable bonds is 11. The Kier molecular flexibility index (Phi) is 8.24. The summed E-state index contributed by atoms with van der Waals surface area (Å²) in [6.45, 7) is 2.27. The van der Waals surface area contributed by atoms with E-state index in [0.717, 1.165) is 34.7 Å². The summed E-state index contributed by atoms with van der Waals surface area (Å²) < 4.78 is 5.21. The fourth-order valence-electron chi connectivity index (χ4n) is 3.52. The van der Waals surface area contributed by atoms with Gasteiger partial charge in [-0.25, -0.2) is 9.97 Å². The van der Waals surface area contributed by atoms with Crippen LogP contribution in [0, 0.1) is 0 Å². The van der Waals surface area contributed by atoms with Crippen LogP contribution in [0.3, 0.4) is 0 Å². The zero-order valence-electron chi connectivity index (χ0n) is 17.7. The fourth-order valence-corrected chi connectivity index (χ4v) is 3.52. The van der Waals surface area contributed by atoms with Gasteiger partial charge in [0.1, 0.15) is 5.75 Å². The highest BCUT2D eigenvalue weighted by Crippen LogP contribution is 2.23. The van der Waals surface area contributed by atoms with Crippen LogP contribution in [-0.2, 0) is 6.42 Å². The van der Waals surface area contributed by atoms with Gasteiger partial charge >= 0.3 is 0 Å². The number of unbranched alkanes of at least 4 members (excludes halogenated alkanes) is 6. The zero-order valence-corrected chi connectivity index (χ0v) is 17.7. The van der Waals surface area contributed by atoms with Crippen LogP contribution in [0.2, 0.25) is 0 Å². The van der Waals surface area contributed by atoms with Gasteiger partial charge in [-0.15, -0.1) is 0 Å². The highest BCUT2D eigenvalue weighted by molar-refractivity contribution is 5.64. The number of ether oxygens (including phenoxy) is 1. The topological polar surface area (TPSA) is 35.0 Å². The maximum Gasteiger partial charge on any atom is 0.159 e. The Bertz CT molecular complexity index is 839. The summed E-state index contributed by atoms with van der Waals surface area (Å²) in [5.41, 5.74) is 4.56. The summed E-state index contributed by atoms with van der Waals surface area (Å²) in [7, 11) is 1.67. The van der Waals surface area contributed by atoms with Crippen molar-refractivity contribution in [2.45, 2.75) is 58.3 Å². The number of nitrogens with zero attached hydrogens (tertiary/aromatic N) is 2. The normalized spacial score (nSPS) is 10.8. The molecular weight excluding hydrogens is 356 g/mol. The van der Waals surface area contributed by atoms with E-state index in [1.54, 1.807) is 7.11 Å². The molecule has 0 unspecified atom stereocenters. The average molecular weight is 389 g/mol. The molecule has 1 aromatic heterocycles. The van der Waals surface area contributed by atoms with Crippen LogP contribution in [0.5, 0.6) is 5.75 Å². The summed E-state index contributed by atoms with van der Waals surface area (Å²) >= 11 is 0. The van der Waals surface area contributed by atoms with Crippen LogP contribution in [0.1, 0.15) is 57.4 Å². The van der Waals surface area contributed by atoms with E-state index in [1.165, 1.54) is 50.5 Å². The SMILES string of the molecule is CCCCCCCCCc1ccc(-c2ncc(-c3ccc(OC)cc3)cn2)cc1. The molecule has 0 bridgehead atoms. The van der Waals surface area contributed by atoms with E-state index in [-0.39, 0.29) is 0 Å². The Hall–Kier alpha value is -2.68. The third-order valence-corrected chi connectivity index (χ3v) is 5.36. The minimum atomic E-state index is 0.768. The molecule has 0 amide bonds. The Labute approximate surface area is 175 Å². The lowest BCUT2D eigenvalue weighted by atomic mass is 10.0. The van der Waals surface area contributed by atoms with Crippen molar-refractivity contribution < 1.29 is 4.74 Å². The number of aromatic nitrogens is 2. The van der Waals surface area contributed by atoms with Crippen molar-refractivity contribution in [2.24, 2.45) is 0 Å². The Morgan fingerprint density at radius 1 is 0.655 bits per heavy atom. The second kappa shape index (κ2) is 11.4. The molecule has 29 heavy (non-hydrogen) atoms. The standard InChI is InChI=1S/C26H32N2O/c1-3-4-5-6-7-8-9-10-21-11-13-23(14-12-21)26-27-19-24(20-28-26)22-15-17-25(29-2)18-16-22/h11-20H,3-10H2,1-2H3. The monoisotopic (exact) mass is 388 g/mol. The lowest BCUT2D eigenvalue weighted by molar-refractivity contribution is 0.415. The molecular formula is C26H32N2O. The lowest BCUT2D eigenvalue weighted by Gasteiger charge is -2.06. The van der Waals surface area contributed by atoms with Gasteiger partial charge in [0.05, 0.1) is 7.11 Å². The summed E-state index contributed by atoms with van der Waals surface area (Å²) in [4.78, 5) is 9.13. The molecule has 0 fully saturated rings. The minimum Gasteiger partial charge on any atom is -0.497 e. The summed E-state index contributed by atoms with van der Waals surface area (Å²) in [5.74, 6) is 1.62. The summed E-state index contributed by atoms with van der Waals surface area (Å²) in [6, 6.07) is 16.7. The first-order valence-electron chi connectivity index (χ1n) is 10.9.